The number of anilines is 1. The second kappa shape index (κ2) is 8.92. The lowest BCUT2D eigenvalue weighted by molar-refractivity contribution is 0.0982. The molecular formula is C23H14Cl2FN5OS2. The Labute approximate surface area is 212 Å². The van der Waals surface area contributed by atoms with Gasteiger partial charge in [-0.1, -0.05) is 29.3 Å². The fourth-order valence-electron chi connectivity index (χ4n) is 3.39. The van der Waals surface area contributed by atoms with Crippen molar-refractivity contribution in [3.63, 3.8) is 0 Å². The lowest BCUT2D eigenvalue weighted by atomic mass is 10.2. The topological polar surface area (TPSA) is 71.8 Å². The fraction of sp³-hybridized carbons (Fsp3) is 0.0435. The van der Waals surface area contributed by atoms with Gasteiger partial charge in [-0.05, 0) is 73.2 Å². The van der Waals surface area contributed by atoms with E-state index < -0.39 is 5.91 Å². The van der Waals surface area contributed by atoms with E-state index >= 15 is 0 Å². The summed E-state index contributed by atoms with van der Waals surface area (Å²) >= 11 is 19.0. The number of fused-ring (bicyclic) bond motifs is 2. The number of nitrogens with zero attached hydrogens (tertiary/aromatic N) is 3. The van der Waals surface area contributed by atoms with Crippen LogP contribution in [0.1, 0.15) is 15.2 Å². The Bertz CT molecular complexity index is 1600. The molecule has 0 unspecified atom stereocenters. The monoisotopic (exact) mass is 529 g/mol. The number of benzene rings is 3. The lowest BCUT2D eigenvalue weighted by Crippen LogP contribution is -2.34. The molecule has 0 atom stereocenters. The lowest BCUT2D eigenvalue weighted by Gasteiger charge is -2.11. The van der Waals surface area contributed by atoms with E-state index in [2.05, 4.69) is 20.8 Å². The summed E-state index contributed by atoms with van der Waals surface area (Å²) in [7, 11) is 0. The summed E-state index contributed by atoms with van der Waals surface area (Å²) in [6.45, 7) is 1.88. The molecule has 0 radical (unpaired) electrons. The van der Waals surface area contributed by atoms with Crippen LogP contribution in [0, 0.1) is 12.7 Å². The van der Waals surface area contributed by atoms with Crippen LogP contribution in [-0.4, -0.2) is 26.0 Å². The average Bonchev–Trinajstić information content (AvgIpc) is 3.34. The highest BCUT2D eigenvalue weighted by molar-refractivity contribution is 7.80. The van der Waals surface area contributed by atoms with E-state index in [0.29, 0.717) is 37.3 Å². The van der Waals surface area contributed by atoms with Gasteiger partial charge in [0.2, 0.25) is 0 Å². The maximum Gasteiger partial charge on any atom is 0.269 e. The van der Waals surface area contributed by atoms with Crippen molar-refractivity contribution in [2.45, 2.75) is 6.92 Å². The summed E-state index contributed by atoms with van der Waals surface area (Å²) in [5.41, 5.74) is 3.42. The Kier molecular flexibility index (Phi) is 5.95. The van der Waals surface area contributed by atoms with Crippen molar-refractivity contribution in [1.29, 1.82) is 0 Å². The van der Waals surface area contributed by atoms with Gasteiger partial charge in [-0.3, -0.25) is 10.1 Å². The first-order valence-corrected chi connectivity index (χ1v) is 11.9. The zero-order valence-electron chi connectivity index (χ0n) is 17.4. The van der Waals surface area contributed by atoms with Gasteiger partial charge in [0, 0.05) is 20.8 Å². The van der Waals surface area contributed by atoms with Crippen molar-refractivity contribution < 1.29 is 9.18 Å². The second-order valence-corrected chi connectivity index (χ2v) is 9.69. The average molecular weight is 530 g/mol. The molecule has 0 aliphatic rings. The molecule has 0 aliphatic carbocycles. The van der Waals surface area contributed by atoms with Crippen LogP contribution < -0.4 is 10.6 Å². The number of thiocarbonyl (C=S) groups is 1. The molecular weight excluding hydrogens is 516 g/mol. The minimum atomic E-state index is -0.416. The molecule has 34 heavy (non-hydrogen) atoms. The van der Waals surface area contributed by atoms with Gasteiger partial charge in [-0.2, -0.15) is 4.80 Å². The first kappa shape index (κ1) is 22.7. The van der Waals surface area contributed by atoms with Gasteiger partial charge >= 0.3 is 0 Å². The third-order valence-corrected chi connectivity index (χ3v) is 7.15. The zero-order chi connectivity index (χ0) is 24.0. The molecule has 0 fully saturated rings. The maximum atomic E-state index is 13.2. The van der Waals surface area contributed by atoms with Gasteiger partial charge in [0.15, 0.2) is 5.11 Å². The highest BCUT2D eigenvalue weighted by atomic mass is 35.5. The van der Waals surface area contributed by atoms with Crippen molar-refractivity contribution >= 4 is 84.6 Å². The van der Waals surface area contributed by atoms with E-state index in [0.717, 1.165) is 15.6 Å². The first-order valence-electron chi connectivity index (χ1n) is 9.92. The summed E-state index contributed by atoms with van der Waals surface area (Å²) in [4.78, 5) is 14.6. The maximum absolute atomic E-state index is 13.2. The predicted octanol–water partition coefficient (Wildman–Crippen LogP) is 6.52. The molecule has 1 amide bonds. The first-order chi connectivity index (χ1) is 16.3. The Hall–Kier alpha value is -3.11. The minimum absolute atomic E-state index is 0.116. The van der Waals surface area contributed by atoms with Crippen LogP contribution >= 0.6 is 46.8 Å². The second-order valence-electron chi connectivity index (χ2n) is 7.42. The van der Waals surface area contributed by atoms with Crippen LogP contribution in [0.5, 0.6) is 0 Å². The van der Waals surface area contributed by atoms with Crippen molar-refractivity contribution in [2.24, 2.45) is 0 Å². The van der Waals surface area contributed by atoms with Crippen LogP contribution in [0.15, 0.2) is 54.6 Å². The summed E-state index contributed by atoms with van der Waals surface area (Å²) < 4.78 is 14.0. The van der Waals surface area contributed by atoms with E-state index in [1.165, 1.54) is 28.3 Å². The quantitative estimate of drug-likeness (QED) is 0.260. The van der Waals surface area contributed by atoms with E-state index in [4.69, 9.17) is 35.4 Å². The number of hydrogen-bond donors (Lipinski definition) is 2. The molecule has 0 saturated heterocycles. The smallest absolute Gasteiger partial charge is 0.269 e. The van der Waals surface area contributed by atoms with E-state index in [1.807, 2.05) is 13.0 Å². The van der Waals surface area contributed by atoms with Crippen molar-refractivity contribution in [2.75, 3.05) is 5.32 Å². The van der Waals surface area contributed by atoms with Gasteiger partial charge in [0.1, 0.15) is 21.7 Å². The molecule has 5 aromatic rings. The molecule has 3 aromatic carbocycles. The molecule has 2 N–H and O–H groups in total. The van der Waals surface area contributed by atoms with Gasteiger partial charge in [0.05, 0.1) is 10.7 Å². The molecule has 170 valence electrons. The third kappa shape index (κ3) is 4.35. The van der Waals surface area contributed by atoms with Crippen molar-refractivity contribution in [3.8, 4) is 5.69 Å². The van der Waals surface area contributed by atoms with Crippen LogP contribution in [0.2, 0.25) is 10.0 Å². The molecule has 11 heteroatoms. The summed E-state index contributed by atoms with van der Waals surface area (Å²) in [5, 5.41) is 16.4. The molecule has 2 aromatic heterocycles. The van der Waals surface area contributed by atoms with Crippen LogP contribution in [-0.2, 0) is 0 Å². The molecule has 0 aliphatic heterocycles. The Morgan fingerprint density at radius 1 is 1.06 bits per heavy atom. The van der Waals surface area contributed by atoms with Gasteiger partial charge in [-0.15, -0.1) is 21.5 Å². The number of aromatic nitrogens is 3. The highest BCUT2D eigenvalue weighted by Gasteiger charge is 2.19. The normalized spacial score (nSPS) is 11.2. The van der Waals surface area contributed by atoms with E-state index in [-0.39, 0.29) is 10.9 Å². The Balaban J connectivity index is 1.36. The number of carbonyl (C=O) groups is 1. The van der Waals surface area contributed by atoms with E-state index in [1.54, 1.807) is 36.4 Å². The number of rotatable bonds is 3. The van der Waals surface area contributed by atoms with Gasteiger partial charge in [0.25, 0.3) is 5.91 Å². The molecule has 0 saturated carbocycles. The highest BCUT2D eigenvalue weighted by Crippen LogP contribution is 2.36. The van der Waals surface area contributed by atoms with Crippen molar-refractivity contribution in [1.82, 2.24) is 20.3 Å². The number of thiophene rings is 1. The van der Waals surface area contributed by atoms with Crippen LogP contribution in [0.3, 0.4) is 0 Å². The SMILES string of the molecule is Cc1cc2nn(-c3ccc(F)cc3)nc2cc1NC(=S)NC(=O)c1sc2cc(Cl)ccc2c1Cl. The van der Waals surface area contributed by atoms with E-state index in [9.17, 15) is 9.18 Å². The molecule has 6 nitrogen and oxygen atoms in total. The summed E-state index contributed by atoms with van der Waals surface area (Å²) in [6.07, 6.45) is 0. The standard InChI is InChI=1S/C23H14Cl2FN5OS2/c1-11-8-17-18(30-31(29-17)14-5-3-13(26)4-6-14)10-16(11)27-23(33)28-22(32)21-20(25)15-7-2-12(24)9-19(15)34-21/h2-10H,1H3,(H2,27,28,32,33). The summed E-state index contributed by atoms with van der Waals surface area (Å²) in [6, 6.07) is 14.8. The van der Waals surface area contributed by atoms with Gasteiger partial charge < -0.3 is 5.32 Å². The molecule has 5 rings (SSSR count). The van der Waals surface area contributed by atoms with Crippen LogP contribution in [0.25, 0.3) is 26.8 Å². The molecule has 0 spiro atoms. The number of hydrogen-bond acceptors (Lipinski definition) is 5. The third-order valence-electron chi connectivity index (χ3n) is 5.06. The Morgan fingerprint density at radius 3 is 2.50 bits per heavy atom. The minimum Gasteiger partial charge on any atom is -0.332 e. The number of amides is 1. The molecule has 0 bridgehead atoms. The number of aryl methyl sites for hydroxylation is 1. The number of nitrogens with one attached hydrogen (secondary N) is 2. The zero-order valence-corrected chi connectivity index (χ0v) is 20.5. The van der Waals surface area contributed by atoms with Crippen molar-refractivity contribution in [3.05, 3.63) is 80.9 Å². The van der Waals surface area contributed by atoms with Crippen LogP contribution in [0.4, 0.5) is 10.1 Å². The largest absolute Gasteiger partial charge is 0.332 e. The summed E-state index contributed by atoms with van der Waals surface area (Å²) in [5.74, 6) is -0.750. The predicted molar refractivity (Wildman–Crippen MR) is 139 cm³/mol. The van der Waals surface area contributed by atoms with Gasteiger partial charge in [-0.25, -0.2) is 4.39 Å². The number of halogens is 3. The Morgan fingerprint density at radius 2 is 1.76 bits per heavy atom. The number of carbonyl (C=O) groups excluding carboxylic acids is 1. The fourth-order valence-corrected chi connectivity index (χ4v) is 5.28. The molecule has 2 heterocycles.